The molecule has 0 fully saturated rings. The van der Waals surface area contributed by atoms with Crippen molar-refractivity contribution in [3.05, 3.63) is 53.9 Å². The lowest BCUT2D eigenvalue weighted by molar-refractivity contribution is 0.474. The van der Waals surface area contributed by atoms with Crippen molar-refractivity contribution >= 4 is 0 Å². The molecule has 0 aliphatic rings. The molecule has 1 heterocycles. The molecule has 0 spiro atoms. The maximum atomic E-state index is 5.80. The number of ether oxygens (including phenoxy) is 1. The molecule has 0 aliphatic heterocycles. The van der Waals surface area contributed by atoms with E-state index in [0.717, 1.165) is 23.5 Å². The zero-order valence-corrected chi connectivity index (χ0v) is 9.89. The Labute approximate surface area is 101 Å². The highest BCUT2D eigenvalue weighted by Crippen LogP contribution is 2.25. The lowest BCUT2D eigenvalue weighted by Gasteiger charge is -2.11. The van der Waals surface area contributed by atoms with Gasteiger partial charge in [0.15, 0.2) is 0 Å². The number of rotatable bonds is 4. The molecule has 2 aromatic rings. The van der Waals surface area contributed by atoms with Crippen molar-refractivity contribution in [2.75, 3.05) is 6.54 Å². The molecule has 88 valence electrons. The molecule has 0 radical (unpaired) electrons. The summed E-state index contributed by atoms with van der Waals surface area (Å²) >= 11 is 0. The van der Waals surface area contributed by atoms with Crippen LogP contribution in [0.1, 0.15) is 11.1 Å². The molecule has 17 heavy (non-hydrogen) atoms. The summed E-state index contributed by atoms with van der Waals surface area (Å²) in [5, 5.41) is 0. The molecule has 0 bridgehead atoms. The predicted molar refractivity (Wildman–Crippen MR) is 68.2 cm³/mol. The summed E-state index contributed by atoms with van der Waals surface area (Å²) in [4.78, 5) is 4.02. The lowest BCUT2D eigenvalue weighted by atomic mass is 10.1. The summed E-state index contributed by atoms with van der Waals surface area (Å²) in [7, 11) is 0. The quantitative estimate of drug-likeness (QED) is 0.875. The number of nitrogens with zero attached hydrogens (tertiary/aromatic N) is 1. The number of aryl methyl sites for hydroxylation is 1. The molecule has 0 atom stereocenters. The number of hydrogen-bond acceptors (Lipinski definition) is 3. The van der Waals surface area contributed by atoms with Gasteiger partial charge in [-0.25, -0.2) is 0 Å². The topological polar surface area (TPSA) is 48.1 Å². The van der Waals surface area contributed by atoms with Crippen LogP contribution >= 0.6 is 0 Å². The van der Waals surface area contributed by atoms with Gasteiger partial charge in [0.2, 0.25) is 0 Å². The summed E-state index contributed by atoms with van der Waals surface area (Å²) in [6, 6.07) is 9.86. The van der Waals surface area contributed by atoms with Crippen LogP contribution in [0.4, 0.5) is 0 Å². The molecule has 0 amide bonds. The summed E-state index contributed by atoms with van der Waals surface area (Å²) < 4.78 is 5.80. The van der Waals surface area contributed by atoms with Gasteiger partial charge in [0.1, 0.15) is 11.5 Å². The fourth-order valence-electron chi connectivity index (χ4n) is 1.69. The van der Waals surface area contributed by atoms with Gasteiger partial charge in [-0.2, -0.15) is 0 Å². The van der Waals surface area contributed by atoms with E-state index < -0.39 is 0 Å². The summed E-state index contributed by atoms with van der Waals surface area (Å²) in [6.45, 7) is 2.68. The molecule has 0 saturated heterocycles. The van der Waals surface area contributed by atoms with Gasteiger partial charge in [0.25, 0.3) is 0 Å². The number of hydrogen-bond donors (Lipinski definition) is 1. The highest BCUT2D eigenvalue weighted by atomic mass is 16.5. The zero-order chi connectivity index (χ0) is 12.1. The monoisotopic (exact) mass is 228 g/mol. The number of aromatic nitrogens is 1. The average molecular weight is 228 g/mol. The smallest absolute Gasteiger partial charge is 0.145 e. The number of nitrogens with two attached hydrogens (primary N) is 1. The van der Waals surface area contributed by atoms with E-state index in [2.05, 4.69) is 18.0 Å². The van der Waals surface area contributed by atoms with Gasteiger partial charge in [0, 0.05) is 6.20 Å². The molecule has 3 nitrogen and oxygen atoms in total. The van der Waals surface area contributed by atoms with Gasteiger partial charge in [-0.1, -0.05) is 17.7 Å². The third-order valence-electron chi connectivity index (χ3n) is 2.49. The fraction of sp³-hybridized carbons (Fsp3) is 0.214. The molecule has 3 heteroatoms. The van der Waals surface area contributed by atoms with Crippen LogP contribution in [-0.4, -0.2) is 11.5 Å². The second-order valence-electron chi connectivity index (χ2n) is 3.94. The van der Waals surface area contributed by atoms with Gasteiger partial charge in [0.05, 0.1) is 6.20 Å². The maximum Gasteiger partial charge on any atom is 0.145 e. The van der Waals surface area contributed by atoms with Gasteiger partial charge < -0.3 is 10.5 Å². The second kappa shape index (κ2) is 5.46. The van der Waals surface area contributed by atoms with Crippen molar-refractivity contribution in [2.45, 2.75) is 13.3 Å². The summed E-state index contributed by atoms with van der Waals surface area (Å²) in [6.07, 6.45) is 4.24. The van der Waals surface area contributed by atoms with Gasteiger partial charge in [-0.05, 0) is 43.7 Å². The first-order valence-corrected chi connectivity index (χ1v) is 5.67. The third-order valence-corrected chi connectivity index (χ3v) is 2.49. The minimum atomic E-state index is 0.618. The lowest BCUT2D eigenvalue weighted by Crippen LogP contribution is -2.04. The molecule has 1 aromatic carbocycles. The van der Waals surface area contributed by atoms with E-state index in [-0.39, 0.29) is 0 Å². The van der Waals surface area contributed by atoms with E-state index in [9.17, 15) is 0 Å². The Kier molecular flexibility index (Phi) is 3.73. The standard InChI is InChI=1S/C14H16N2O/c1-11-4-5-14(12(9-11)6-7-15)17-13-3-2-8-16-10-13/h2-5,8-10H,6-7,15H2,1H3. The Balaban J connectivity index is 2.26. The zero-order valence-electron chi connectivity index (χ0n) is 9.89. The first kappa shape index (κ1) is 11.6. The van der Waals surface area contributed by atoms with Crippen molar-refractivity contribution < 1.29 is 4.74 Å². The highest BCUT2D eigenvalue weighted by molar-refractivity contribution is 5.39. The van der Waals surface area contributed by atoms with Crippen LogP contribution in [0.3, 0.4) is 0 Å². The third kappa shape index (κ3) is 3.04. The summed E-state index contributed by atoms with van der Waals surface area (Å²) in [5.74, 6) is 1.60. The van der Waals surface area contributed by atoms with Crippen molar-refractivity contribution in [1.82, 2.24) is 4.98 Å². The van der Waals surface area contributed by atoms with Crippen molar-refractivity contribution in [2.24, 2.45) is 5.73 Å². The number of pyridine rings is 1. The summed E-state index contributed by atoms with van der Waals surface area (Å²) in [5.41, 5.74) is 7.96. The predicted octanol–water partition coefficient (Wildman–Crippen LogP) is 2.68. The van der Waals surface area contributed by atoms with Gasteiger partial charge in [-0.3, -0.25) is 4.98 Å². The minimum Gasteiger partial charge on any atom is -0.455 e. The Morgan fingerprint density at radius 1 is 1.29 bits per heavy atom. The SMILES string of the molecule is Cc1ccc(Oc2cccnc2)c(CCN)c1. The maximum absolute atomic E-state index is 5.80. The van der Waals surface area contributed by atoms with Crippen LogP contribution in [-0.2, 0) is 6.42 Å². The van der Waals surface area contributed by atoms with E-state index in [1.165, 1.54) is 5.56 Å². The molecule has 2 N–H and O–H groups in total. The van der Waals surface area contributed by atoms with Crippen molar-refractivity contribution in [3.63, 3.8) is 0 Å². The molecular formula is C14H16N2O. The first-order chi connectivity index (χ1) is 8.29. The van der Waals surface area contributed by atoms with Crippen LogP contribution in [0, 0.1) is 6.92 Å². The normalized spacial score (nSPS) is 10.2. The average Bonchev–Trinajstić information content (AvgIpc) is 2.34. The Bertz CT molecular complexity index is 483. The molecule has 0 aliphatic carbocycles. The second-order valence-corrected chi connectivity index (χ2v) is 3.94. The Morgan fingerprint density at radius 3 is 2.88 bits per heavy atom. The van der Waals surface area contributed by atoms with E-state index in [1.54, 1.807) is 12.4 Å². The van der Waals surface area contributed by atoms with Crippen LogP contribution < -0.4 is 10.5 Å². The fourth-order valence-corrected chi connectivity index (χ4v) is 1.69. The molecule has 0 unspecified atom stereocenters. The largest absolute Gasteiger partial charge is 0.455 e. The van der Waals surface area contributed by atoms with Crippen LogP contribution in [0.15, 0.2) is 42.7 Å². The van der Waals surface area contributed by atoms with Crippen LogP contribution in [0.25, 0.3) is 0 Å². The molecule has 1 aromatic heterocycles. The molecular weight excluding hydrogens is 212 g/mol. The van der Waals surface area contributed by atoms with Crippen LogP contribution in [0.5, 0.6) is 11.5 Å². The highest BCUT2D eigenvalue weighted by Gasteiger charge is 2.04. The van der Waals surface area contributed by atoms with E-state index in [1.807, 2.05) is 24.3 Å². The first-order valence-electron chi connectivity index (χ1n) is 5.67. The van der Waals surface area contributed by atoms with Crippen molar-refractivity contribution in [1.29, 1.82) is 0 Å². The minimum absolute atomic E-state index is 0.618. The number of benzene rings is 1. The van der Waals surface area contributed by atoms with Crippen LogP contribution in [0.2, 0.25) is 0 Å². The molecule has 0 saturated carbocycles. The van der Waals surface area contributed by atoms with Gasteiger partial charge in [-0.15, -0.1) is 0 Å². The Morgan fingerprint density at radius 2 is 2.18 bits per heavy atom. The van der Waals surface area contributed by atoms with Crippen molar-refractivity contribution in [3.8, 4) is 11.5 Å². The van der Waals surface area contributed by atoms with E-state index in [0.29, 0.717) is 6.54 Å². The Hall–Kier alpha value is -1.87. The van der Waals surface area contributed by atoms with Gasteiger partial charge >= 0.3 is 0 Å². The van der Waals surface area contributed by atoms with E-state index in [4.69, 9.17) is 10.5 Å². The van der Waals surface area contributed by atoms with E-state index >= 15 is 0 Å². The molecule has 2 rings (SSSR count).